The molecule has 0 bridgehead atoms. The summed E-state index contributed by atoms with van der Waals surface area (Å²) in [4.78, 5) is 44.2. The number of carbonyl (C=O) groups excluding carboxylic acids is 3. The van der Waals surface area contributed by atoms with E-state index in [2.05, 4.69) is 25.9 Å². The van der Waals surface area contributed by atoms with Crippen molar-refractivity contribution in [2.24, 2.45) is 5.73 Å². The van der Waals surface area contributed by atoms with E-state index in [9.17, 15) is 14.4 Å². The van der Waals surface area contributed by atoms with Gasteiger partial charge < -0.3 is 26.4 Å². The molecule has 0 radical (unpaired) electrons. The van der Waals surface area contributed by atoms with Crippen LogP contribution in [0.5, 0.6) is 0 Å². The zero-order valence-electron chi connectivity index (χ0n) is 15.6. The van der Waals surface area contributed by atoms with Gasteiger partial charge in [0.15, 0.2) is 11.1 Å². The van der Waals surface area contributed by atoms with Crippen LogP contribution in [0.25, 0.3) is 0 Å². The Morgan fingerprint density at radius 1 is 1.38 bits per heavy atom. The number of hydrogen-bond acceptors (Lipinski definition) is 8. The molecule has 0 fully saturated rings. The molecule has 6 N–H and O–H groups in total. The summed E-state index contributed by atoms with van der Waals surface area (Å²) in [5.74, 6) is -1.81. The topological polar surface area (TPSA) is 172 Å². The summed E-state index contributed by atoms with van der Waals surface area (Å²) >= 11 is 1.10. The van der Waals surface area contributed by atoms with Crippen molar-refractivity contribution in [2.75, 3.05) is 18.5 Å². The quantitative estimate of drug-likeness (QED) is 0.220. The van der Waals surface area contributed by atoms with Gasteiger partial charge in [0, 0.05) is 17.8 Å². The third-order valence-corrected chi connectivity index (χ3v) is 4.24. The summed E-state index contributed by atoms with van der Waals surface area (Å²) in [6.07, 6.45) is 3.06. The maximum atomic E-state index is 12.3. The largest absolute Gasteiger partial charge is 0.466 e. The van der Waals surface area contributed by atoms with Gasteiger partial charge in [0.1, 0.15) is 5.69 Å². The number of aromatic nitrogens is 2. The molecule has 0 spiro atoms. The van der Waals surface area contributed by atoms with E-state index in [0.29, 0.717) is 5.56 Å². The number of pyridine rings is 1. The minimum absolute atomic E-state index is 0.0641. The van der Waals surface area contributed by atoms with E-state index in [1.165, 1.54) is 5.38 Å². The van der Waals surface area contributed by atoms with Gasteiger partial charge in [-0.1, -0.05) is 6.07 Å². The number of esters is 1. The number of nitrogens with zero attached hydrogens (tertiary/aromatic N) is 2. The SMILES string of the molecule is CCOC(=O)CC(NC(=O)CNC(=O)c1csc(NC(=N)N)n1)c1cccnc1. The molecule has 0 aromatic carbocycles. The predicted molar refractivity (Wildman–Crippen MR) is 106 cm³/mol. The number of thiazole rings is 1. The fourth-order valence-corrected chi connectivity index (χ4v) is 2.97. The van der Waals surface area contributed by atoms with Crippen molar-refractivity contribution in [3.05, 3.63) is 41.2 Å². The molecule has 0 aliphatic rings. The number of carbonyl (C=O) groups is 3. The highest BCUT2D eigenvalue weighted by Gasteiger charge is 2.20. The first kappa shape index (κ1) is 21.8. The van der Waals surface area contributed by atoms with Gasteiger partial charge in [-0.05, 0) is 18.6 Å². The Morgan fingerprint density at radius 2 is 2.17 bits per heavy atom. The standard InChI is InChI=1S/C17H21N7O4S/c1-2-28-14(26)6-11(10-4-3-5-20-7-10)22-13(25)8-21-15(27)12-9-29-17(23-12)24-16(18)19/h3-5,7,9,11H,2,6,8H2,1H3,(H,21,27)(H,22,25)(H4,18,19,23,24). The second-order valence-corrected chi connectivity index (χ2v) is 6.53. The van der Waals surface area contributed by atoms with Crippen LogP contribution in [0.3, 0.4) is 0 Å². The first-order valence-electron chi connectivity index (χ1n) is 8.58. The summed E-state index contributed by atoms with van der Waals surface area (Å²) in [5, 5.41) is 16.5. The van der Waals surface area contributed by atoms with Crippen LogP contribution >= 0.6 is 11.3 Å². The Balaban J connectivity index is 1.93. The molecule has 0 saturated carbocycles. The third kappa shape index (κ3) is 7.18. The molecule has 2 rings (SSSR count). The van der Waals surface area contributed by atoms with Crippen molar-refractivity contribution < 1.29 is 19.1 Å². The zero-order valence-corrected chi connectivity index (χ0v) is 16.4. The van der Waals surface area contributed by atoms with Crippen LogP contribution in [0.15, 0.2) is 29.9 Å². The van der Waals surface area contributed by atoms with E-state index in [1.54, 1.807) is 31.5 Å². The predicted octanol–water partition coefficient (Wildman–Crippen LogP) is 0.384. The monoisotopic (exact) mass is 419 g/mol. The molecular weight excluding hydrogens is 398 g/mol. The minimum atomic E-state index is -0.641. The number of anilines is 1. The maximum absolute atomic E-state index is 12.3. The van der Waals surface area contributed by atoms with Gasteiger partial charge in [0.05, 0.1) is 25.6 Å². The average Bonchev–Trinajstić information content (AvgIpc) is 3.14. The van der Waals surface area contributed by atoms with E-state index in [0.717, 1.165) is 11.3 Å². The highest BCUT2D eigenvalue weighted by Crippen LogP contribution is 2.17. The van der Waals surface area contributed by atoms with Crippen molar-refractivity contribution in [2.45, 2.75) is 19.4 Å². The van der Waals surface area contributed by atoms with Gasteiger partial charge in [-0.3, -0.25) is 24.8 Å². The van der Waals surface area contributed by atoms with E-state index in [1.807, 2.05) is 0 Å². The van der Waals surface area contributed by atoms with Crippen molar-refractivity contribution in [1.29, 1.82) is 5.41 Å². The molecule has 2 aromatic heterocycles. The lowest BCUT2D eigenvalue weighted by Gasteiger charge is -2.18. The summed E-state index contributed by atoms with van der Waals surface area (Å²) < 4.78 is 4.94. The lowest BCUT2D eigenvalue weighted by Crippen LogP contribution is -2.39. The van der Waals surface area contributed by atoms with E-state index < -0.39 is 23.8 Å². The van der Waals surface area contributed by atoms with E-state index in [-0.39, 0.29) is 36.4 Å². The van der Waals surface area contributed by atoms with Crippen LogP contribution in [-0.4, -0.2) is 46.9 Å². The Morgan fingerprint density at radius 3 is 2.83 bits per heavy atom. The third-order valence-electron chi connectivity index (χ3n) is 3.49. The Bertz CT molecular complexity index is 872. The second-order valence-electron chi connectivity index (χ2n) is 5.67. The lowest BCUT2D eigenvalue weighted by molar-refractivity contribution is -0.143. The molecule has 12 heteroatoms. The normalized spacial score (nSPS) is 11.2. The Kier molecular flexibility index (Phi) is 8.03. The van der Waals surface area contributed by atoms with Crippen LogP contribution in [0, 0.1) is 5.41 Å². The number of nitrogens with one attached hydrogen (secondary N) is 4. The molecule has 2 heterocycles. The molecule has 0 aliphatic carbocycles. The number of nitrogens with two attached hydrogens (primary N) is 1. The van der Waals surface area contributed by atoms with Gasteiger partial charge in [0.25, 0.3) is 5.91 Å². The molecule has 29 heavy (non-hydrogen) atoms. The molecule has 1 atom stereocenters. The molecule has 2 amide bonds. The number of amides is 2. The first-order chi connectivity index (χ1) is 13.9. The van der Waals surface area contributed by atoms with Gasteiger partial charge in [-0.15, -0.1) is 11.3 Å². The molecule has 11 nitrogen and oxygen atoms in total. The second kappa shape index (κ2) is 10.7. The molecular formula is C17H21N7O4S. The minimum Gasteiger partial charge on any atom is -0.466 e. The highest BCUT2D eigenvalue weighted by molar-refractivity contribution is 7.14. The molecule has 1 unspecified atom stereocenters. The number of ether oxygens (including phenoxy) is 1. The summed E-state index contributed by atoms with van der Waals surface area (Å²) in [6, 6.07) is 2.78. The average molecular weight is 419 g/mol. The van der Waals surface area contributed by atoms with Crippen LogP contribution in [0.1, 0.15) is 35.4 Å². The zero-order chi connectivity index (χ0) is 21.2. The molecule has 0 aliphatic heterocycles. The van der Waals surface area contributed by atoms with Crippen molar-refractivity contribution >= 4 is 40.2 Å². The highest BCUT2D eigenvalue weighted by atomic mass is 32.1. The van der Waals surface area contributed by atoms with E-state index in [4.69, 9.17) is 15.9 Å². The van der Waals surface area contributed by atoms with Crippen molar-refractivity contribution in [3.63, 3.8) is 0 Å². The Labute approximate surface area is 170 Å². The van der Waals surface area contributed by atoms with Crippen LogP contribution in [0.4, 0.5) is 5.13 Å². The molecule has 0 saturated heterocycles. The summed E-state index contributed by atoms with van der Waals surface area (Å²) in [7, 11) is 0. The fraction of sp³-hybridized carbons (Fsp3) is 0.294. The first-order valence-corrected chi connectivity index (χ1v) is 9.46. The summed E-state index contributed by atoms with van der Waals surface area (Å²) in [5.41, 5.74) is 5.93. The smallest absolute Gasteiger partial charge is 0.308 e. The number of hydrogen-bond donors (Lipinski definition) is 5. The molecule has 2 aromatic rings. The summed E-state index contributed by atoms with van der Waals surface area (Å²) in [6.45, 7) is 1.61. The van der Waals surface area contributed by atoms with Gasteiger partial charge in [-0.25, -0.2) is 4.98 Å². The van der Waals surface area contributed by atoms with Gasteiger partial charge in [-0.2, -0.15) is 0 Å². The van der Waals surface area contributed by atoms with Gasteiger partial charge >= 0.3 is 5.97 Å². The van der Waals surface area contributed by atoms with Crippen LogP contribution in [0.2, 0.25) is 0 Å². The van der Waals surface area contributed by atoms with Gasteiger partial charge in [0.2, 0.25) is 5.91 Å². The van der Waals surface area contributed by atoms with Crippen LogP contribution in [-0.2, 0) is 14.3 Å². The van der Waals surface area contributed by atoms with Crippen molar-refractivity contribution in [3.8, 4) is 0 Å². The van der Waals surface area contributed by atoms with Crippen molar-refractivity contribution in [1.82, 2.24) is 20.6 Å². The lowest BCUT2D eigenvalue weighted by atomic mass is 10.1. The number of rotatable bonds is 9. The van der Waals surface area contributed by atoms with Crippen LogP contribution < -0.4 is 21.7 Å². The fourth-order valence-electron chi connectivity index (χ4n) is 2.27. The molecule has 154 valence electrons. The number of guanidine groups is 1. The Hall–Kier alpha value is -3.54. The maximum Gasteiger partial charge on any atom is 0.308 e. The van der Waals surface area contributed by atoms with E-state index >= 15 is 0 Å².